The van der Waals surface area contributed by atoms with Crippen molar-refractivity contribution in [3.05, 3.63) is 53.0 Å². The van der Waals surface area contributed by atoms with Gasteiger partial charge in [-0.3, -0.25) is 0 Å². The fourth-order valence-corrected chi connectivity index (χ4v) is 5.86. The molecule has 0 radical (unpaired) electrons. The third-order valence-electron chi connectivity index (χ3n) is 3.98. The topological polar surface area (TPSA) is 27.7 Å². The molecule has 0 saturated heterocycles. The molecule has 3 nitrogen and oxygen atoms in total. The molecule has 0 aromatic heterocycles. The summed E-state index contributed by atoms with van der Waals surface area (Å²) < 4.78 is 18.4. The lowest BCUT2D eigenvalue weighted by atomic mass is 10.0. The summed E-state index contributed by atoms with van der Waals surface area (Å²) in [5.41, 5.74) is 0. The van der Waals surface area contributed by atoms with Gasteiger partial charge in [0.2, 0.25) is 0 Å². The molecule has 114 valence electrons. The fourth-order valence-electron chi connectivity index (χ4n) is 2.96. The van der Waals surface area contributed by atoms with E-state index >= 15 is 0 Å². The van der Waals surface area contributed by atoms with Crippen molar-refractivity contribution in [1.82, 2.24) is 0 Å². The van der Waals surface area contributed by atoms with E-state index in [1.54, 1.807) is 21.3 Å². The van der Waals surface area contributed by atoms with Crippen LogP contribution in [0.25, 0.3) is 21.5 Å². The number of benzene rings is 3. The van der Waals surface area contributed by atoms with Crippen LogP contribution in [0.15, 0.2) is 53.0 Å². The van der Waals surface area contributed by atoms with E-state index in [0.717, 1.165) is 31.2 Å². The Morgan fingerprint density at radius 1 is 0.682 bits per heavy atom. The van der Waals surface area contributed by atoms with Crippen LogP contribution in [0.3, 0.4) is 0 Å². The van der Waals surface area contributed by atoms with Gasteiger partial charge in [-0.05, 0) is 37.5 Å². The Morgan fingerprint density at radius 2 is 1.05 bits per heavy atom. The smallest absolute Gasteiger partial charge is 0.373 e. The Labute approximate surface area is 139 Å². The van der Waals surface area contributed by atoms with Gasteiger partial charge in [0.15, 0.2) is 0 Å². The van der Waals surface area contributed by atoms with Gasteiger partial charge >= 0.3 is 8.80 Å². The summed E-state index contributed by atoms with van der Waals surface area (Å²) in [5.74, 6) is 0. The van der Waals surface area contributed by atoms with Gasteiger partial charge < -0.3 is 13.3 Å². The minimum atomic E-state index is -2.97. The predicted molar refractivity (Wildman–Crippen MR) is 95.6 cm³/mol. The second kappa shape index (κ2) is 6.10. The first-order valence-corrected chi connectivity index (χ1v) is 9.45. The van der Waals surface area contributed by atoms with Crippen molar-refractivity contribution in [3.8, 4) is 0 Å². The highest BCUT2D eigenvalue weighted by Gasteiger charge is 2.44. The molecule has 0 heterocycles. The molecule has 0 fully saturated rings. The van der Waals surface area contributed by atoms with E-state index < -0.39 is 8.80 Å². The SMILES string of the molecule is CO[Si](OC)(OC)c1c2ccccc2c(Br)c2ccccc12. The monoisotopic (exact) mass is 376 g/mol. The fraction of sp³-hybridized carbons (Fsp3) is 0.176. The van der Waals surface area contributed by atoms with E-state index in [4.69, 9.17) is 13.3 Å². The van der Waals surface area contributed by atoms with Crippen LogP contribution in [-0.4, -0.2) is 30.1 Å². The van der Waals surface area contributed by atoms with Gasteiger partial charge in [0, 0.05) is 31.0 Å². The number of rotatable bonds is 4. The Bertz CT molecular complexity index is 765. The van der Waals surface area contributed by atoms with Crippen LogP contribution < -0.4 is 5.19 Å². The third kappa shape index (κ3) is 2.21. The van der Waals surface area contributed by atoms with Crippen molar-refractivity contribution in [2.45, 2.75) is 0 Å². The van der Waals surface area contributed by atoms with Gasteiger partial charge in [0.05, 0.1) is 0 Å². The predicted octanol–water partition coefficient (Wildman–Crippen LogP) is 3.84. The van der Waals surface area contributed by atoms with Gasteiger partial charge in [0.25, 0.3) is 0 Å². The molecule has 3 rings (SSSR count). The average Bonchev–Trinajstić information content (AvgIpc) is 2.59. The lowest BCUT2D eigenvalue weighted by molar-refractivity contribution is 0.141. The lowest BCUT2D eigenvalue weighted by Gasteiger charge is -2.27. The molecule has 0 aliphatic rings. The number of hydrogen-bond acceptors (Lipinski definition) is 3. The van der Waals surface area contributed by atoms with Gasteiger partial charge in [-0.2, -0.15) is 0 Å². The molecule has 0 saturated carbocycles. The highest BCUT2D eigenvalue weighted by atomic mass is 79.9. The minimum Gasteiger partial charge on any atom is -0.373 e. The van der Waals surface area contributed by atoms with Crippen LogP contribution in [0.5, 0.6) is 0 Å². The maximum absolute atomic E-state index is 5.76. The molecule has 0 N–H and O–H groups in total. The number of halogens is 1. The largest absolute Gasteiger partial charge is 0.537 e. The molecule has 0 unspecified atom stereocenters. The van der Waals surface area contributed by atoms with Crippen molar-refractivity contribution in [2.75, 3.05) is 21.3 Å². The molecule has 0 amide bonds. The highest BCUT2D eigenvalue weighted by Crippen LogP contribution is 2.33. The Kier molecular flexibility index (Phi) is 4.34. The molecule has 0 spiro atoms. The van der Waals surface area contributed by atoms with E-state index in [1.165, 1.54) is 0 Å². The highest BCUT2D eigenvalue weighted by molar-refractivity contribution is 9.10. The molecule has 3 aromatic carbocycles. The second-order valence-electron chi connectivity index (χ2n) is 4.95. The molecule has 22 heavy (non-hydrogen) atoms. The summed E-state index contributed by atoms with van der Waals surface area (Å²) >= 11 is 3.74. The molecular weight excluding hydrogens is 360 g/mol. The van der Waals surface area contributed by atoms with Gasteiger partial charge in [0.1, 0.15) is 0 Å². The summed E-state index contributed by atoms with van der Waals surface area (Å²) in [6, 6.07) is 16.5. The minimum absolute atomic E-state index is 1.01. The van der Waals surface area contributed by atoms with E-state index in [9.17, 15) is 0 Å². The van der Waals surface area contributed by atoms with Crippen LogP contribution in [-0.2, 0) is 13.3 Å². The lowest BCUT2D eigenvalue weighted by Crippen LogP contribution is -2.55. The van der Waals surface area contributed by atoms with Crippen molar-refractivity contribution >= 4 is 51.5 Å². The zero-order valence-corrected chi connectivity index (χ0v) is 15.3. The summed E-state index contributed by atoms with van der Waals surface area (Å²) in [5, 5.41) is 5.43. The van der Waals surface area contributed by atoms with Gasteiger partial charge in [-0.25, -0.2) is 0 Å². The zero-order valence-electron chi connectivity index (χ0n) is 12.7. The Balaban J connectivity index is 2.57. The number of hydrogen-bond donors (Lipinski definition) is 0. The van der Waals surface area contributed by atoms with E-state index in [-0.39, 0.29) is 0 Å². The first kappa shape index (κ1) is 15.6. The normalized spacial score (nSPS) is 12.2. The Morgan fingerprint density at radius 3 is 1.41 bits per heavy atom. The summed E-state index contributed by atoms with van der Waals surface area (Å²) in [6.45, 7) is 0. The van der Waals surface area contributed by atoms with Crippen LogP contribution in [0.2, 0.25) is 0 Å². The van der Waals surface area contributed by atoms with Gasteiger partial charge in [-0.1, -0.05) is 48.5 Å². The van der Waals surface area contributed by atoms with Crippen molar-refractivity contribution < 1.29 is 13.3 Å². The first-order chi connectivity index (χ1) is 10.7. The number of fused-ring (bicyclic) bond motifs is 2. The van der Waals surface area contributed by atoms with Crippen molar-refractivity contribution in [3.63, 3.8) is 0 Å². The van der Waals surface area contributed by atoms with E-state index in [2.05, 4.69) is 40.2 Å². The summed E-state index contributed by atoms with van der Waals surface area (Å²) in [4.78, 5) is 0. The third-order valence-corrected chi connectivity index (χ3v) is 7.60. The second-order valence-corrected chi connectivity index (χ2v) is 8.58. The average molecular weight is 377 g/mol. The standard InChI is InChI=1S/C17H17BrO3Si/c1-19-22(20-2,21-3)17-14-10-6-4-8-12(14)16(18)13-9-5-7-11-15(13)17/h4-11H,1-3H3. The molecule has 0 aliphatic heterocycles. The van der Waals surface area contributed by atoms with Crippen LogP contribution in [0.1, 0.15) is 0 Å². The van der Waals surface area contributed by atoms with Crippen LogP contribution in [0.4, 0.5) is 0 Å². The molecule has 0 aliphatic carbocycles. The quantitative estimate of drug-likeness (QED) is 0.511. The van der Waals surface area contributed by atoms with E-state index in [1.807, 2.05) is 24.3 Å². The van der Waals surface area contributed by atoms with E-state index in [0.29, 0.717) is 0 Å². The first-order valence-electron chi connectivity index (χ1n) is 6.93. The van der Waals surface area contributed by atoms with Crippen LogP contribution in [0, 0.1) is 0 Å². The summed E-state index contributed by atoms with van der Waals surface area (Å²) in [6.07, 6.45) is 0. The van der Waals surface area contributed by atoms with Crippen molar-refractivity contribution in [1.29, 1.82) is 0 Å². The molecule has 0 atom stereocenters. The molecule has 5 heteroatoms. The molecular formula is C17H17BrO3Si. The summed E-state index contributed by atoms with van der Waals surface area (Å²) in [7, 11) is 1.96. The van der Waals surface area contributed by atoms with Gasteiger partial charge in [-0.15, -0.1) is 0 Å². The Hall–Kier alpha value is -1.24. The van der Waals surface area contributed by atoms with Crippen molar-refractivity contribution in [2.24, 2.45) is 0 Å². The zero-order chi connectivity index (χ0) is 15.7. The molecule has 3 aromatic rings. The van der Waals surface area contributed by atoms with Crippen LogP contribution >= 0.6 is 15.9 Å². The molecule has 0 bridgehead atoms. The maximum atomic E-state index is 5.76. The maximum Gasteiger partial charge on any atom is 0.537 e.